The van der Waals surface area contributed by atoms with Gasteiger partial charge in [-0.1, -0.05) is 0 Å². The van der Waals surface area contributed by atoms with Crippen LogP contribution in [0.25, 0.3) is 0 Å². The third-order valence-electron chi connectivity index (χ3n) is 3.31. The van der Waals surface area contributed by atoms with Crippen molar-refractivity contribution in [1.29, 1.82) is 0 Å². The number of likely N-dealkylation sites (tertiary alicyclic amines) is 1. The van der Waals surface area contributed by atoms with Crippen molar-refractivity contribution in [1.82, 2.24) is 20.5 Å². The van der Waals surface area contributed by atoms with Crippen LogP contribution in [-0.2, 0) is 0 Å². The first-order chi connectivity index (χ1) is 9.60. The second-order valence-electron chi connectivity index (χ2n) is 4.93. The van der Waals surface area contributed by atoms with E-state index in [0.717, 1.165) is 12.1 Å². The molecule has 1 saturated heterocycles. The smallest absolute Gasteiger partial charge is 0.315 e. The molecule has 0 spiro atoms. The Kier molecular flexibility index (Phi) is 4.55. The van der Waals surface area contributed by atoms with E-state index in [1.807, 2.05) is 19.9 Å². The molecule has 0 aromatic carbocycles. The summed E-state index contributed by atoms with van der Waals surface area (Å²) in [6, 6.07) is 3.45. The lowest BCUT2D eigenvalue weighted by Crippen LogP contribution is -2.43. The van der Waals surface area contributed by atoms with Crippen LogP contribution >= 0.6 is 0 Å². The van der Waals surface area contributed by atoms with Crippen molar-refractivity contribution >= 4 is 11.9 Å². The molecule has 3 amide bonds. The molecule has 0 saturated carbocycles. The SMILES string of the molecule is CCNC(=O)NC1CCN(C(=O)c2ccc(C)nc2)C1. The van der Waals surface area contributed by atoms with Crippen molar-refractivity contribution in [2.75, 3.05) is 19.6 Å². The van der Waals surface area contributed by atoms with Gasteiger partial charge in [0.1, 0.15) is 0 Å². The Morgan fingerprint density at radius 1 is 1.45 bits per heavy atom. The Labute approximate surface area is 118 Å². The van der Waals surface area contributed by atoms with E-state index < -0.39 is 0 Å². The minimum atomic E-state index is -0.177. The summed E-state index contributed by atoms with van der Waals surface area (Å²) in [6.07, 6.45) is 2.38. The molecule has 1 fully saturated rings. The van der Waals surface area contributed by atoms with Crippen molar-refractivity contribution in [3.8, 4) is 0 Å². The zero-order valence-corrected chi connectivity index (χ0v) is 11.8. The van der Waals surface area contributed by atoms with Gasteiger partial charge in [-0.05, 0) is 32.4 Å². The highest BCUT2D eigenvalue weighted by atomic mass is 16.2. The number of nitrogens with zero attached hydrogens (tertiary/aromatic N) is 2. The van der Waals surface area contributed by atoms with E-state index in [-0.39, 0.29) is 18.0 Å². The summed E-state index contributed by atoms with van der Waals surface area (Å²) < 4.78 is 0. The second kappa shape index (κ2) is 6.36. The van der Waals surface area contributed by atoms with Gasteiger partial charge in [-0.2, -0.15) is 0 Å². The van der Waals surface area contributed by atoms with E-state index in [9.17, 15) is 9.59 Å². The first-order valence-electron chi connectivity index (χ1n) is 6.86. The van der Waals surface area contributed by atoms with Crippen LogP contribution in [0.1, 0.15) is 29.4 Å². The maximum atomic E-state index is 12.3. The molecule has 6 nitrogen and oxygen atoms in total. The van der Waals surface area contributed by atoms with Gasteiger partial charge in [-0.15, -0.1) is 0 Å². The number of hydrogen-bond donors (Lipinski definition) is 2. The van der Waals surface area contributed by atoms with Crippen LogP contribution in [0, 0.1) is 6.92 Å². The molecule has 1 aliphatic heterocycles. The lowest BCUT2D eigenvalue weighted by molar-refractivity contribution is 0.0789. The van der Waals surface area contributed by atoms with Crippen LogP contribution in [0.2, 0.25) is 0 Å². The number of urea groups is 1. The Bertz CT molecular complexity index is 486. The van der Waals surface area contributed by atoms with Gasteiger partial charge in [0.2, 0.25) is 0 Å². The van der Waals surface area contributed by atoms with Crippen LogP contribution in [0.15, 0.2) is 18.3 Å². The molecular formula is C14H20N4O2. The normalized spacial score (nSPS) is 17.9. The van der Waals surface area contributed by atoms with Crippen LogP contribution < -0.4 is 10.6 Å². The molecule has 1 aromatic rings. The summed E-state index contributed by atoms with van der Waals surface area (Å²) in [5, 5.41) is 5.56. The number of hydrogen-bond acceptors (Lipinski definition) is 3. The maximum Gasteiger partial charge on any atom is 0.315 e. The average molecular weight is 276 g/mol. The number of aryl methyl sites for hydroxylation is 1. The van der Waals surface area contributed by atoms with Gasteiger partial charge in [-0.25, -0.2) is 4.79 Å². The number of rotatable bonds is 3. The third kappa shape index (κ3) is 3.46. The second-order valence-corrected chi connectivity index (χ2v) is 4.93. The molecule has 0 aliphatic carbocycles. The Morgan fingerprint density at radius 2 is 2.25 bits per heavy atom. The van der Waals surface area contributed by atoms with Crippen molar-refractivity contribution in [2.24, 2.45) is 0 Å². The summed E-state index contributed by atoms with van der Waals surface area (Å²) in [5.74, 6) is -0.0299. The number of nitrogens with one attached hydrogen (secondary N) is 2. The van der Waals surface area contributed by atoms with Gasteiger partial charge < -0.3 is 15.5 Å². The maximum absolute atomic E-state index is 12.3. The van der Waals surface area contributed by atoms with E-state index in [1.54, 1.807) is 17.2 Å². The van der Waals surface area contributed by atoms with Gasteiger partial charge in [0.15, 0.2) is 0 Å². The summed E-state index contributed by atoms with van der Waals surface area (Å²) >= 11 is 0. The zero-order valence-electron chi connectivity index (χ0n) is 11.8. The molecule has 1 aromatic heterocycles. The van der Waals surface area contributed by atoms with Gasteiger partial charge in [0, 0.05) is 37.6 Å². The Balaban J connectivity index is 1.90. The van der Waals surface area contributed by atoms with Crippen molar-refractivity contribution in [2.45, 2.75) is 26.3 Å². The summed E-state index contributed by atoms with van der Waals surface area (Å²) in [6.45, 7) is 5.55. The molecule has 0 bridgehead atoms. The largest absolute Gasteiger partial charge is 0.338 e. The molecule has 1 aliphatic rings. The molecule has 20 heavy (non-hydrogen) atoms. The number of pyridine rings is 1. The van der Waals surface area contributed by atoms with Crippen LogP contribution in [-0.4, -0.2) is 47.5 Å². The molecule has 1 atom stereocenters. The lowest BCUT2D eigenvalue weighted by Gasteiger charge is -2.17. The standard InChI is InChI=1S/C14H20N4O2/c1-3-15-14(20)17-12-6-7-18(9-12)13(19)11-5-4-10(2)16-8-11/h4-5,8,12H,3,6-7,9H2,1-2H3,(H2,15,17,20). The molecule has 2 rings (SSSR count). The monoisotopic (exact) mass is 276 g/mol. The Morgan fingerprint density at radius 3 is 2.90 bits per heavy atom. The van der Waals surface area contributed by atoms with E-state index in [2.05, 4.69) is 15.6 Å². The summed E-state index contributed by atoms with van der Waals surface area (Å²) in [7, 11) is 0. The van der Waals surface area contributed by atoms with Crippen LogP contribution in [0.4, 0.5) is 4.79 Å². The quantitative estimate of drug-likeness (QED) is 0.862. The van der Waals surface area contributed by atoms with E-state index in [0.29, 0.717) is 25.2 Å². The first-order valence-corrected chi connectivity index (χ1v) is 6.86. The van der Waals surface area contributed by atoms with Crippen LogP contribution in [0.3, 0.4) is 0 Å². The van der Waals surface area contributed by atoms with Crippen LogP contribution in [0.5, 0.6) is 0 Å². The molecule has 0 radical (unpaired) electrons. The fourth-order valence-electron chi connectivity index (χ4n) is 2.24. The van der Waals surface area contributed by atoms with Gasteiger partial charge in [0.05, 0.1) is 5.56 Å². The summed E-state index contributed by atoms with van der Waals surface area (Å²) in [4.78, 5) is 29.6. The number of carbonyl (C=O) groups excluding carboxylic acids is 2. The van der Waals surface area contributed by atoms with E-state index >= 15 is 0 Å². The molecule has 1 unspecified atom stereocenters. The summed E-state index contributed by atoms with van der Waals surface area (Å²) in [5.41, 5.74) is 1.48. The highest BCUT2D eigenvalue weighted by molar-refractivity contribution is 5.94. The minimum Gasteiger partial charge on any atom is -0.338 e. The molecule has 2 heterocycles. The molecular weight excluding hydrogens is 256 g/mol. The number of carbonyl (C=O) groups is 2. The minimum absolute atomic E-state index is 0.0175. The molecule has 6 heteroatoms. The van der Waals surface area contributed by atoms with Crippen molar-refractivity contribution < 1.29 is 9.59 Å². The fourth-order valence-corrected chi connectivity index (χ4v) is 2.24. The number of aromatic nitrogens is 1. The van der Waals surface area contributed by atoms with E-state index in [4.69, 9.17) is 0 Å². The lowest BCUT2D eigenvalue weighted by atomic mass is 10.2. The predicted molar refractivity (Wildman–Crippen MR) is 75.5 cm³/mol. The van der Waals surface area contributed by atoms with Gasteiger partial charge >= 0.3 is 6.03 Å². The Hall–Kier alpha value is -2.11. The first kappa shape index (κ1) is 14.3. The van der Waals surface area contributed by atoms with Gasteiger partial charge in [0.25, 0.3) is 5.91 Å². The number of amides is 3. The third-order valence-corrected chi connectivity index (χ3v) is 3.31. The van der Waals surface area contributed by atoms with Crippen molar-refractivity contribution in [3.63, 3.8) is 0 Å². The zero-order chi connectivity index (χ0) is 14.5. The van der Waals surface area contributed by atoms with Crippen molar-refractivity contribution in [3.05, 3.63) is 29.6 Å². The molecule has 108 valence electrons. The highest BCUT2D eigenvalue weighted by Gasteiger charge is 2.27. The van der Waals surface area contributed by atoms with Gasteiger partial charge in [-0.3, -0.25) is 9.78 Å². The molecule has 2 N–H and O–H groups in total. The van der Waals surface area contributed by atoms with E-state index in [1.165, 1.54) is 0 Å². The predicted octanol–water partition coefficient (Wildman–Crippen LogP) is 0.924. The fraction of sp³-hybridized carbons (Fsp3) is 0.500. The average Bonchev–Trinajstić information content (AvgIpc) is 2.87. The topological polar surface area (TPSA) is 74.3 Å². The highest BCUT2D eigenvalue weighted by Crippen LogP contribution is 2.13.